The third-order valence-electron chi connectivity index (χ3n) is 2.07. The van der Waals surface area contributed by atoms with Gasteiger partial charge in [-0.3, -0.25) is 0 Å². The Bertz CT molecular complexity index is 381. The summed E-state index contributed by atoms with van der Waals surface area (Å²) in [6, 6.07) is 3.68. The van der Waals surface area contributed by atoms with Crippen molar-refractivity contribution in [1.29, 1.82) is 0 Å². The van der Waals surface area contributed by atoms with Crippen LogP contribution in [0.1, 0.15) is 12.5 Å². The first-order valence-electron chi connectivity index (χ1n) is 5.02. The van der Waals surface area contributed by atoms with Crippen molar-refractivity contribution in [2.75, 3.05) is 13.6 Å². The van der Waals surface area contributed by atoms with Gasteiger partial charge in [0.2, 0.25) is 0 Å². The number of likely N-dealkylation sites (N-methyl/N-ethyl adjacent to an activating group) is 1. The third-order valence-corrected chi connectivity index (χ3v) is 2.56. The summed E-state index contributed by atoms with van der Waals surface area (Å²) < 4.78 is 43.9. The average Bonchev–Trinajstić information content (AvgIpc) is 2.15. The molecule has 17 heavy (non-hydrogen) atoms. The van der Waals surface area contributed by atoms with E-state index in [1.165, 1.54) is 12.1 Å². The summed E-state index contributed by atoms with van der Waals surface area (Å²) in [4.78, 5) is 0. The second kappa shape index (κ2) is 5.73. The second-order valence-corrected chi connectivity index (χ2v) is 4.54. The van der Waals surface area contributed by atoms with E-state index in [-0.39, 0.29) is 11.9 Å². The maximum Gasteiger partial charge on any atom is 0.419 e. The van der Waals surface area contributed by atoms with Crippen molar-refractivity contribution in [3.63, 3.8) is 0 Å². The first-order valence-corrected chi connectivity index (χ1v) is 5.82. The largest absolute Gasteiger partial charge is 0.489 e. The predicted molar refractivity (Wildman–Crippen MR) is 63.2 cm³/mol. The number of nitrogens with one attached hydrogen (secondary N) is 1. The lowest BCUT2D eigenvalue weighted by atomic mass is 10.2. The van der Waals surface area contributed by atoms with E-state index in [4.69, 9.17) is 4.74 Å². The highest BCUT2D eigenvalue weighted by atomic mass is 79.9. The molecule has 1 rings (SSSR count). The molecule has 0 amide bonds. The minimum Gasteiger partial charge on any atom is -0.489 e. The Morgan fingerprint density at radius 2 is 2.06 bits per heavy atom. The molecule has 0 aromatic heterocycles. The van der Waals surface area contributed by atoms with Crippen LogP contribution in [0.4, 0.5) is 13.2 Å². The molecule has 96 valence electrons. The first kappa shape index (κ1) is 14.3. The Balaban J connectivity index is 2.99. The van der Waals surface area contributed by atoms with E-state index < -0.39 is 11.7 Å². The lowest BCUT2D eigenvalue weighted by Crippen LogP contribution is -2.27. The first-order chi connectivity index (χ1) is 7.84. The standard InChI is InChI=1S/C11H13BrF3NO/c1-7(6-16-2)17-10-5-8(12)3-4-9(10)11(13,14)15/h3-5,7,16H,6H2,1-2H3. The van der Waals surface area contributed by atoms with Crippen LogP contribution in [0, 0.1) is 0 Å². The molecule has 2 nitrogen and oxygen atoms in total. The van der Waals surface area contributed by atoms with Crippen LogP contribution >= 0.6 is 15.9 Å². The van der Waals surface area contributed by atoms with Crippen molar-refractivity contribution < 1.29 is 17.9 Å². The Morgan fingerprint density at radius 3 is 2.59 bits per heavy atom. The van der Waals surface area contributed by atoms with Crippen LogP contribution in [-0.4, -0.2) is 19.7 Å². The number of hydrogen-bond acceptors (Lipinski definition) is 2. The normalized spacial score (nSPS) is 13.5. The smallest absolute Gasteiger partial charge is 0.419 e. The monoisotopic (exact) mass is 311 g/mol. The summed E-state index contributed by atoms with van der Waals surface area (Å²) >= 11 is 3.13. The van der Waals surface area contributed by atoms with E-state index in [9.17, 15) is 13.2 Å². The molecule has 0 aliphatic heterocycles. The molecule has 0 fully saturated rings. The molecular weight excluding hydrogens is 299 g/mol. The predicted octanol–water partition coefficient (Wildman–Crippen LogP) is 3.45. The van der Waals surface area contributed by atoms with Crippen molar-refractivity contribution in [2.24, 2.45) is 0 Å². The number of rotatable bonds is 4. The van der Waals surface area contributed by atoms with E-state index in [1.54, 1.807) is 14.0 Å². The molecule has 1 aromatic rings. The van der Waals surface area contributed by atoms with Crippen molar-refractivity contribution >= 4 is 15.9 Å². The van der Waals surface area contributed by atoms with Crippen LogP contribution < -0.4 is 10.1 Å². The summed E-state index contributed by atoms with van der Waals surface area (Å²) in [6.07, 6.45) is -4.74. The molecule has 0 aliphatic carbocycles. The van der Waals surface area contributed by atoms with Gasteiger partial charge in [0.05, 0.1) is 5.56 Å². The number of halogens is 4. The van der Waals surface area contributed by atoms with Gasteiger partial charge in [-0.1, -0.05) is 15.9 Å². The highest BCUT2D eigenvalue weighted by Gasteiger charge is 2.34. The molecule has 0 radical (unpaired) electrons. The van der Waals surface area contributed by atoms with Crippen LogP contribution in [0.5, 0.6) is 5.75 Å². The number of benzene rings is 1. The van der Waals surface area contributed by atoms with Gasteiger partial charge in [-0.05, 0) is 32.2 Å². The van der Waals surface area contributed by atoms with Crippen molar-refractivity contribution in [3.05, 3.63) is 28.2 Å². The summed E-state index contributed by atoms with van der Waals surface area (Å²) in [5.41, 5.74) is -0.761. The minimum absolute atomic E-state index is 0.158. The van der Waals surface area contributed by atoms with E-state index in [0.29, 0.717) is 11.0 Å². The number of hydrogen-bond donors (Lipinski definition) is 1. The lowest BCUT2D eigenvalue weighted by Gasteiger charge is -2.18. The summed E-state index contributed by atoms with van der Waals surface area (Å²) in [7, 11) is 1.71. The van der Waals surface area contributed by atoms with Gasteiger partial charge in [0.25, 0.3) is 0 Å². The quantitative estimate of drug-likeness (QED) is 0.919. The Kier molecular flexibility index (Phi) is 4.82. The van der Waals surface area contributed by atoms with Crippen molar-refractivity contribution in [3.8, 4) is 5.75 Å². The highest BCUT2D eigenvalue weighted by molar-refractivity contribution is 9.10. The lowest BCUT2D eigenvalue weighted by molar-refractivity contribution is -0.139. The van der Waals surface area contributed by atoms with Crippen LogP contribution in [0.15, 0.2) is 22.7 Å². The Labute approximate surface area is 106 Å². The van der Waals surface area contributed by atoms with E-state index in [0.717, 1.165) is 6.07 Å². The van der Waals surface area contributed by atoms with Gasteiger partial charge in [0.15, 0.2) is 0 Å². The van der Waals surface area contributed by atoms with Crippen LogP contribution in [0.25, 0.3) is 0 Å². The number of alkyl halides is 3. The molecule has 6 heteroatoms. The van der Waals surface area contributed by atoms with Gasteiger partial charge in [-0.2, -0.15) is 13.2 Å². The zero-order valence-corrected chi connectivity index (χ0v) is 11.0. The fourth-order valence-electron chi connectivity index (χ4n) is 1.37. The Morgan fingerprint density at radius 1 is 1.41 bits per heavy atom. The van der Waals surface area contributed by atoms with E-state index >= 15 is 0 Å². The van der Waals surface area contributed by atoms with Gasteiger partial charge >= 0.3 is 6.18 Å². The topological polar surface area (TPSA) is 21.3 Å². The number of ether oxygens (including phenoxy) is 1. The second-order valence-electron chi connectivity index (χ2n) is 3.62. The zero-order chi connectivity index (χ0) is 13.1. The molecule has 0 heterocycles. The Hall–Kier alpha value is -0.750. The summed E-state index contributed by atoms with van der Waals surface area (Å²) in [6.45, 7) is 2.18. The van der Waals surface area contributed by atoms with Gasteiger partial charge in [0.1, 0.15) is 11.9 Å². The van der Waals surface area contributed by atoms with Gasteiger partial charge in [-0.25, -0.2) is 0 Å². The molecular formula is C11H13BrF3NO. The van der Waals surface area contributed by atoms with Crippen molar-refractivity contribution in [2.45, 2.75) is 19.2 Å². The molecule has 1 N–H and O–H groups in total. The van der Waals surface area contributed by atoms with Crippen molar-refractivity contribution in [1.82, 2.24) is 5.32 Å². The van der Waals surface area contributed by atoms with Crippen LogP contribution in [-0.2, 0) is 6.18 Å². The molecule has 0 spiro atoms. The fraction of sp³-hybridized carbons (Fsp3) is 0.455. The third kappa shape index (κ3) is 4.20. The summed E-state index contributed by atoms with van der Waals surface area (Å²) in [5, 5.41) is 2.84. The molecule has 1 atom stereocenters. The van der Waals surface area contributed by atoms with Gasteiger partial charge in [0, 0.05) is 11.0 Å². The molecule has 0 saturated heterocycles. The highest BCUT2D eigenvalue weighted by Crippen LogP contribution is 2.37. The van der Waals surface area contributed by atoms with Gasteiger partial charge < -0.3 is 10.1 Å². The SMILES string of the molecule is CNCC(C)Oc1cc(Br)ccc1C(F)(F)F. The van der Waals surface area contributed by atoms with E-state index in [1.807, 2.05) is 0 Å². The maximum absolute atomic E-state index is 12.7. The molecule has 0 bridgehead atoms. The van der Waals surface area contributed by atoms with Crippen LogP contribution in [0.3, 0.4) is 0 Å². The molecule has 1 aromatic carbocycles. The van der Waals surface area contributed by atoms with Crippen LogP contribution in [0.2, 0.25) is 0 Å². The minimum atomic E-state index is -4.41. The molecule has 0 saturated carbocycles. The van der Waals surface area contributed by atoms with Gasteiger partial charge in [-0.15, -0.1) is 0 Å². The molecule has 1 unspecified atom stereocenters. The fourth-order valence-corrected chi connectivity index (χ4v) is 1.71. The summed E-state index contributed by atoms with van der Waals surface area (Å²) in [5.74, 6) is -0.158. The zero-order valence-electron chi connectivity index (χ0n) is 9.44. The van der Waals surface area contributed by atoms with E-state index in [2.05, 4.69) is 21.2 Å². The molecule has 0 aliphatic rings. The average molecular weight is 312 g/mol. The maximum atomic E-state index is 12.7.